The van der Waals surface area contributed by atoms with Gasteiger partial charge >= 0.3 is 0 Å². The Kier molecular flexibility index (Phi) is 6.21. The van der Waals surface area contributed by atoms with Gasteiger partial charge in [-0.3, -0.25) is 0 Å². The van der Waals surface area contributed by atoms with Crippen molar-refractivity contribution in [2.75, 3.05) is 6.61 Å². The van der Waals surface area contributed by atoms with Crippen molar-refractivity contribution in [3.05, 3.63) is 42.5 Å². The minimum Gasteiger partial charge on any atom is -0.310 e. The molecule has 1 nitrogen and oxygen atoms in total. The van der Waals surface area contributed by atoms with Gasteiger partial charge in [0, 0.05) is 16.9 Å². The zero-order valence-corrected chi connectivity index (χ0v) is 10.1. The van der Waals surface area contributed by atoms with E-state index in [9.17, 15) is 0 Å². The van der Waals surface area contributed by atoms with Gasteiger partial charge in [-0.2, -0.15) is 0 Å². The fourth-order valence-electron chi connectivity index (χ4n) is 1.15. The van der Waals surface area contributed by atoms with E-state index in [-0.39, 0.29) is 0 Å². The van der Waals surface area contributed by atoms with Gasteiger partial charge < -0.3 is 4.18 Å². The Morgan fingerprint density at radius 2 is 2.00 bits per heavy atom. The molecule has 0 atom stereocenters. The Morgan fingerprint density at radius 3 is 2.67 bits per heavy atom. The van der Waals surface area contributed by atoms with Gasteiger partial charge in [-0.25, -0.2) is 0 Å². The van der Waals surface area contributed by atoms with E-state index in [1.165, 1.54) is 22.5 Å². The number of unbranched alkanes of at least 4 members (excludes halogenated alkanes) is 2. The maximum atomic E-state index is 5.49. The van der Waals surface area contributed by atoms with Crippen LogP contribution in [-0.4, -0.2) is 6.61 Å². The summed E-state index contributed by atoms with van der Waals surface area (Å²) < 4.78 is 5.49. The van der Waals surface area contributed by atoms with E-state index in [2.05, 4.69) is 37.8 Å². The lowest BCUT2D eigenvalue weighted by Gasteiger charge is -2.02. The van der Waals surface area contributed by atoms with Crippen LogP contribution in [0.5, 0.6) is 0 Å². The summed E-state index contributed by atoms with van der Waals surface area (Å²) in [6, 6.07) is 8.38. The molecule has 0 aromatic heterocycles. The van der Waals surface area contributed by atoms with Gasteiger partial charge in [-0.1, -0.05) is 23.8 Å². The smallest absolute Gasteiger partial charge is 0.0618 e. The maximum Gasteiger partial charge on any atom is 0.0618 e. The van der Waals surface area contributed by atoms with Crippen molar-refractivity contribution < 1.29 is 4.18 Å². The minimum atomic E-state index is 0.812. The van der Waals surface area contributed by atoms with Gasteiger partial charge in [0.15, 0.2) is 0 Å². The lowest BCUT2D eigenvalue weighted by atomic mass is 10.2. The molecule has 1 aromatic rings. The Balaban J connectivity index is 2.09. The predicted octanol–water partition coefficient (Wildman–Crippen LogP) is 4.38. The van der Waals surface area contributed by atoms with Gasteiger partial charge in [0.1, 0.15) is 0 Å². The van der Waals surface area contributed by atoms with Crippen LogP contribution in [0.3, 0.4) is 0 Å². The van der Waals surface area contributed by atoms with Crippen LogP contribution in [0, 0.1) is 6.92 Å². The summed E-state index contributed by atoms with van der Waals surface area (Å²) in [5, 5.41) is 0. The highest BCUT2D eigenvalue weighted by atomic mass is 32.2. The average Bonchev–Trinajstić information content (AvgIpc) is 2.26. The Labute approximate surface area is 96.7 Å². The molecular weight excluding hydrogens is 204 g/mol. The number of allylic oxidation sites excluding steroid dienone is 1. The number of rotatable bonds is 7. The van der Waals surface area contributed by atoms with E-state index < -0.39 is 0 Å². The molecule has 0 bridgehead atoms. The third-order valence-corrected chi connectivity index (χ3v) is 2.81. The quantitative estimate of drug-likeness (QED) is 0.385. The van der Waals surface area contributed by atoms with E-state index in [1.807, 2.05) is 6.08 Å². The summed E-state index contributed by atoms with van der Waals surface area (Å²) in [6.07, 6.45) is 5.30. The number of aryl methyl sites for hydroxylation is 1. The van der Waals surface area contributed by atoms with Gasteiger partial charge in [0.25, 0.3) is 0 Å². The second kappa shape index (κ2) is 7.55. The van der Waals surface area contributed by atoms with Crippen LogP contribution in [0.1, 0.15) is 24.8 Å². The van der Waals surface area contributed by atoms with Crippen LogP contribution >= 0.6 is 12.0 Å². The molecule has 1 rings (SSSR count). The molecular formula is C13H18OS. The van der Waals surface area contributed by atoms with Gasteiger partial charge in [0.05, 0.1) is 6.61 Å². The normalized spacial score (nSPS) is 10.2. The molecule has 0 aliphatic heterocycles. The first-order valence-electron chi connectivity index (χ1n) is 5.30. The zero-order valence-electron chi connectivity index (χ0n) is 9.24. The topological polar surface area (TPSA) is 9.23 Å². The average molecular weight is 222 g/mol. The molecule has 0 N–H and O–H groups in total. The third kappa shape index (κ3) is 5.65. The van der Waals surface area contributed by atoms with Crippen LogP contribution in [0.15, 0.2) is 41.8 Å². The Hall–Kier alpha value is -0.730. The van der Waals surface area contributed by atoms with E-state index in [1.54, 1.807) is 0 Å². The lowest BCUT2D eigenvalue weighted by Crippen LogP contribution is -1.86. The highest BCUT2D eigenvalue weighted by molar-refractivity contribution is 7.94. The van der Waals surface area contributed by atoms with Crippen molar-refractivity contribution in [2.45, 2.75) is 31.1 Å². The van der Waals surface area contributed by atoms with Gasteiger partial charge in [-0.05, 0) is 38.3 Å². The van der Waals surface area contributed by atoms with Crippen LogP contribution in [0.4, 0.5) is 0 Å². The SMILES string of the molecule is C=CCCCCOSc1ccc(C)cc1. The van der Waals surface area contributed by atoms with Gasteiger partial charge in [0.2, 0.25) is 0 Å². The van der Waals surface area contributed by atoms with Crippen molar-refractivity contribution in [1.82, 2.24) is 0 Å². The van der Waals surface area contributed by atoms with E-state index in [4.69, 9.17) is 4.18 Å². The van der Waals surface area contributed by atoms with Crippen LogP contribution in [-0.2, 0) is 4.18 Å². The predicted molar refractivity (Wildman–Crippen MR) is 67.0 cm³/mol. The standard InChI is InChI=1S/C13H18OS/c1-3-4-5-6-11-14-15-13-9-7-12(2)8-10-13/h3,7-10H,1,4-6,11H2,2H3. The molecule has 0 spiro atoms. The Bertz CT molecular complexity index is 279. The first kappa shape index (κ1) is 12.3. The molecule has 0 aliphatic carbocycles. The molecule has 0 saturated heterocycles. The second-order valence-electron chi connectivity index (χ2n) is 3.50. The van der Waals surface area contributed by atoms with Gasteiger partial charge in [-0.15, -0.1) is 6.58 Å². The monoisotopic (exact) mass is 222 g/mol. The maximum absolute atomic E-state index is 5.49. The highest BCUT2D eigenvalue weighted by Crippen LogP contribution is 2.19. The van der Waals surface area contributed by atoms with Crippen molar-refractivity contribution >= 4 is 12.0 Å². The molecule has 15 heavy (non-hydrogen) atoms. The minimum absolute atomic E-state index is 0.812. The molecule has 0 fully saturated rings. The molecule has 0 unspecified atom stereocenters. The molecule has 0 heterocycles. The van der Waals surface area contributed by atoms with E-state index in [0.29, 0.717) is 0 Å². The van der Waals surface area contributed by atoms with Crippen molar-refractivity contribution in [3.8, 4) is 0 Å². The molecule has 0 radical (unpaired) electrons. The molecule has 0 amide bonds. The summed E-state index contributed by atoms with van der Waals surface area (Å²) >= 11 is 1.46. The molecule has 0 aliphatic rings. The lowest BCUT2D eigenvalue weighted by molar-refractivity contribution is 0.359. The fraction of sp³-hybridized carbons (Fsp3) is 0.385. The van der Waals surface area contributed by atoms with Crippen molar-refractivity contribution in [3.63, 3.8) is 0 Å². The van der Waals surface area contributed by atoms with Crippen molar-refractivity contribution in [1.29, 1.82) is 0 Å². The van der Waals surface area contributed by atoms with E-state index in [0.717, 1.165) is 25.9 Å². The highest BCUT2D eigenvalue weighted by Gasteiger charge is 1.94. The van der Waals surface area contributed by atoms with E-state index >= 15 is 0 Å². The number of benzene rings is 1. The summed E-state index contributed by atoms with van der Waals surface area (Å²) in [4.78, 5) is 1.17. The first-order valence-corrected chi connectivity index (χ1v) is 6.04. The van der Waals surface area contributed by atoms with Crippen LogP contribution in [0.25, 0.3) is 0 Å². The number of hydrogen-bond acceptors (Lipinski definition) is 2. The summed E-state index contributed by atoms with van der Waals surface area (Å²) in [5.41, 5.74) is 1.28. The third-order valence-electron chi connectivity index (χ3n) is 2.06. The summed E-state index contributed by atoms with van der Waals surface area (Å²) in [5.74, 6) is 0. The van der Waals surface area contributed by atoms with Crippen LogP contribution < -0.4 is 0 Å². The largest absolute Gasteiger partial charge is 0.310 e. The molecule has 1 aromatic carbocycles. The molecule has 2 heteroatoms. The Morgan fingerprint density at radius 1 is 1.27 bits per heavy atom. The molecule has 0 saturated carbocycles. The second-order valence-corrected chi connectivity index (χ2v) is 4.38. The van der Waals surface area contributed by atoms with Crippen molar-refractivity contribution in [2.24, 2.45) is 0 Å². The zero-order chi connectivity index (χ0) is 10.9. The number of hydrogen-bond donors (Lipinski definition) is 0. The molecule has 82 valence electrons. The summed E-state index contributed by atoms with van der Waals surface area (Å²) in [6.45, 7) is 6.59. The fourth-order valence-corrected chi connectivity index (χ4v) is 1.74. The summed E-state index contributed by atoms with van der Waals surface area (Å²) in [7, 11) is 0. The van der Waals surface area contributed by atoms with Crippen LogP contribution in [0.2, 0.25) is 0 Å². The first-order chi connectivity index (χ1) is 7.33.